The minimum atomic E-state index is -0.556. The Morgan fingerprint density at radius 2 is 2.10 bits per heavy atom. The molecule has 1 aromatic carbocycles. The average molecular weight is 286 g/mol. The Morgan fingerprint density at radius 1 is 1.33 bits per heavy atom. The van der Waals surface area contributed by atoms with Crippen molar-refractivity contribution in [3.05, 3.63) is 47.6 Å². The lowest BCUT2D eigenvalue weighted by molar-refractivity contribution is 0.264. The van der Waals surface area contributed by atoms with E-state index in [1.165, 1.54) is 12.0 Å². The van der Waals surface area contributed by atoms with E-state index in [0.717, 1.165) is 13.1 Å². The van der Waals surface area contributed by atoms with Crippen molar-refractivity contribution in [2.24, 2.45) is 5.73 Å². The maximum atomic E-state index is 5.98. The Balaban J connectivity index is 1.61. The van der Waals surface area contributed by atoms with Crippen LogP contribution in [-0.4, -0.2) is 28.1 Å². The Hall–Kier alpha value is -1.72. The van der Waals surface area contributed by atoms with Gasteiger partial charge in [-0.1, -0.05) is 35.5 Å². The zero-order valence-electron chi connectivity index (χ0n) is 12.6. The highest BCUT2D eigenvalue weighted by Gasteiger charge is 2.26. The van der Waals surface area contributed by atoms with Gasteiger partial charge in [0.05, 0.1) is 12.1 Å². The topological polar surface area (TPSA) is 68.2 Å². The molecule has 0 bridgehead atoms. The largest absolute Gasteiger partial charge is 0.338 e. The lowest BCUT2D eigenvalue weighted by atomic mass is 9.99. The van der Waals surface area contributed by atoms with Gasteiger partial charge in [0.15, 0.2) is 5.82 Å². The fourth-order valence-corrected chi connectivity index (χ4v) is 2.75. The van der Waals surface area contributed by atoms with E-state index in [1.807, 2.05) is 13.8 Å². The van der Waals surface area contributed by atoms with Gasteiger partial charge in [0, 0.05) is 6.54 Å². The monoisotopic (exact) mass is 286 g/mol. The molecular formula is C16H22N4O. The summed E-state index contributed by atoms with van der Waals surface area (Å²) in [5.41, 5.74) is 6.83. The molecule has 1 aliphatic rings. The van der Waals surface area contributed by atoms with Crippen molar-refractivity contribution >= 4 is 0 Å². The first kappa shape index (κ1) is 14.2. The van der Waals surface area contributed by atoms with Gasteiger partial charge in [0.1, 0.15) is 0 Å². The molecule has 1 atom stereocenters. The Bertz CT molecular complexity index is 588. The number of nitrogens with zero attached hydrogens (tertiary/aromatic N) is 3. The van der Waals surface area contributed by atoms with E-state index in [2.05, 4.69) is 45.4 Å². The summed E-state index contributed by atoms with van der Waals surface area (Å²) in [6.07, 6.45) is 1.17. The minimum absolute atomic E-state index is 0.556. The quantitative estimate of drug-likeness (QED) is 0.933. The molecule has 1 saturated heterocycles. The number of rotatable bonds is 4. The third kappa shape index (κ3) is 3.31. The lowest BCUT2D eigenvalue weighted by Crippen LogP contribution is -2.30. The number of aromatic nitrogens is 2. The van der Waals surface area contributed by atoms with Crippen molar-refractivity contribution in [2.45, 2.75) is 38.3 Å². The number of hydrogen-bond donors (Lipinski definition) is 1. The molecule has 2 heterocycles. The fraction of sp³-hybridized carbons (Fsp3) is 0.500. The highest BCUT2D eigenvalue weighted by Crippen LogP contribution is 2.27. The molecule has 112 valence electrons. The van der Waals surface area contributed by atoms with Crippen LogP contribution in [0, 0.1) is 0 Å². The number of hydrogen-bond acceptors (Lipinski definition) is 5. The second kappa shape index (κ2) is 5.58. The molecule has 1 unspecified atom stereocenters. The zero-order valence-corrected chi connectivity index (χ0v) is 12.6. The van der Waals surface area contributed by atoms with Gasteiger partial charge in [0.25, 0.3) is 0 Å². The van der Waals surface area contributed by atoms with Crippen molar-refractivity contribution in [2.75, 3.05) is 13.1 Å². The van der Waals surface area contributed by atoms with Crippen LogP contribution in [0.2, 0.25) is 0 Å². The summed E-state index contributed by atoms with van der Waals surface area (Å²) in [4.78, 5) is 6.76. The summed E-state index contributed by atoms with van der Waals surface area (Å²) in [7, 11) is 0. The maximum Gasteiger partial charge on any atom is 0.240 e. The summed E-state index contributed by atoms with van der Waals surface area (Å²) >= 11 is 0. The first-order valence-electron chi connectivity index (χ1n) is 7.41. The molecule has 0 aliphatic carbocycles. The Morgan fingerprint density at radius 3 is 2.76 bits per heavy atom. The van der Waals surface area contributed by atoms with Crippen LogP contribution in [0.5, 0.6) is 0 Å². The van der Waals surface area contributed by atoms with Crippen molar-refractivity contribution in [1.82, 2.24) is 15.0 Å². The van der Waals surface area contributed by atoms with Crippen LogP contribution in [0.4, 0.5) is 0 Å². The fourth-order valence-electron chi connectivity index (χ4n) is 2.75. The first-order chi connectivity index (χ1) is 10.0. The van der Waals surface area contributed by atoms with Crippen LogP contribution in [0.15, 0.2) is 34.9 Å². The summed E-state index contributed by atoms with van der Waals surface area (Å²) < 4.78 is 5.31. The van der Waals surface area contributed by atoms with Crippen molar-refractivity contribution in [3.8, 4) is 0 Å². The van der Waals surface area contributed by atoms with Crippen LogP contribution >= 0.6 is 0 Å². The highest BCUT2D eigenvalue weighted by molar-refractivity contribution is 5.21. The van der Waals surface area contributed by atoms with E-state index in [0.29, 0.717) is 24.2 Å². The highest BCUT2D eigenvalue weighted by atomic mass is 16.5. The number of likely N-dealkylation sites (tertiary alicyclic amines) is 1. The molecule has 1 aliphatic heterocycles. The third-order valence-electron chi connectivity index (χ3n) is 3.95. The molecule has 1 aromatic heterocycles. The summed E-state index contributed by atoms with van der Waals surface area (Å²) in [6, 6.07) is 10.7. The van der Waals surface area contributed by atoms with Gasteiger partial charge >= 0.3 is 0 Å². The predicted octanol–water partition coefficient (Wildman–Crippen LogP) is 2.25. The van der Waals surface area contributed by atoms with E-state index in [1.54, 1.807) is 0 Å². The molecule has 2 N–H and O–H groups in total. The molecule has 5 heteroatoms. The van der Waals surface area contributed by atoms with E-state index >= 15 is 0 Å². The maximum absolute atomic E-state index is 5.98. The normalized spacial score (nSPS) is 20.0. The van der Waals surface area contributed by atoms with Crippen molar-refractivity contribution < 1.29 is 4.52 Å². The molecule has 3 rings (SSSR count). The second-order valence-corrected chi connectivity index (χ2v) is 6.36. The Kier molecular flexibility index (Phi) is 3.78. The standard InChI is InChI=1S/C16H22N4O/c1-16(2,17)15-18-14(21-19-15)11-20-9-8-13(10-20)12-6-4-3-5-7-12/h3-7,13H,8-11,17H2,1-2H3. The number of benzene rings is 1. The summed E-state index contributed by atoms with van der Waals surface area (Å²) in [5, 5.41) is 3.97. The molecular weight excluding hydrogens is 264 g/mol. The van der Waals surface area contributed by atoms with E-state index in [9.17, 15) is 0 Å². The minimum Gasteiger partial charge on any atom is -0.338 e. The smallest absolute Gasteiger partial charge is 0.240 e. The Labute approximate surface area is 125 Å². The molecule has 2 aromatic rings. The molecule has 1 fully saturated rings. The van der Waals surface area contributed by atoms with Crippen molar-refractivity contribution in [3.63, 3.8) is 0 Å². The van der Waals surface area contributed by atoms with E-state index < -0.39 is 5.54 Å². The summed E-state index contributed by atoms with van der Waals surface area (Å²) in [6.45, 7) is 6.55. The SMILES string of the molecule is CC(C)(N)c1noc(CN2CCC(c3ccccc3)C2)n1. The van der Waals surface area contributed by atoms with Crippen LogP contribution < -0.4 is 5.73 Å². The average Bonchev–Trinajstić information content (AvgIpc) is 3.09. The van der Waals surface area contributed by atoms with Crippen LogP contribution in [-0.2, 0) is 12.1 Å². The van der Waals surface area contributed by atoms with Crippen molar-refractivity contribution in [1.29, 1.82) is 0 Å². The van der Waals surface area contributed by atoms with Crippen LogP contribution in [0.1, 0.15) is 43.5 Å². The second-order valence-electron chi connectivity index (χ2n) is 6.36. The van der Waals surface area contributed by atoms with Gasteiger partial charge in [-0.2, -0.15) is 4.98 Å². The molecule has 21 heavy (non-hydrogen) atoms. The van der Waals surface area contributed by atoms with Gasteiger partial charge in [-0.15, -0.1) is 0 Å². The van der Waals surface area contributed by atoms with Gasteiger partial charge in [-0.3, -0.25) is 4.90 Å². The first-order valence-corrected chi connectivity index (χ1v) is 7.41. The van der Waals surface area contributed by atoms with Gasteiger partial charge in [0.2, 0.25) is 5.89 Å². The van der Waals surface area contributed by atoms with Gasteiger partial charge in [-0.25, -0.2) is 0 Å². The van der Waals surface area contributed by atoms with Crippen LogP contribution in [0.25, 0.3) is 0 Å². The lowest BCUT2D eigenvalue weighted by Gasteiger charge is -2.14. The van der Waals surface area contributed by atoms with E-state index in [4.69, 9.17) is 10.3 Å². The van der Waals surface area contributed by atoms with Crippen LogP contribution in [0.3, 0.4) is 0 Å². The molecule has 5 nitrogen and oxygen atoms in total. The molecule has 0 spiro atoms. The van der Waals surface area contributed by atoms with Gasteiger partial charge < -0.3 is 10.3 Å². The molecule has 0 saturated carbocycles. The van der Waals surface area contributed by atoms with Gasteiger partial charge in [-0.05, 0) is 38.3 Å². The number of nitrogens with two attached hydrogens (primary N) is 1. The predicted molar refractivity (Wildman–Crippen MR) is 80.6 cm³/mol. The summed E-state index contributed by atoms with van der Waals surface area (Å²) in [5.74, 6) is 1.81. The van der Waals surface area contributed by atoms with E-state index in [-0.39, 0.29) is 0 Å². The zero-order chi connectivity index (χ0) is 14.9. The molecule has 0 radical (unpaired) electrons. The third-order valence-corrected chi connectivity index (χ3v) is 3.95. The molecule has 0 amide bonds.